The van der Waals surface area contributed by atoms with Gasteiger partial charge in [0.15, 0.2) is 0 Å². The predicted molar refractivity (Wildman–Crippen MR) is 139 cm³/mol. The van der Waals surface area contributed by atoms with E-state index in [0.29, 0.717) is 38.9 Å². The van der Waals surface area contributed by atoms with Crippen molar-refractivity contribution in [2.24, 2.45) is 0 Å². The molecule has 0 aliphatic carbocycles. The van der Waals surface area contributed by atoms with E-state index >= 15 is 0 Å². The van der Waals surface area contributed by atoms with Gasteiger partial charge in [-0.15, -0.1) is 0 Å². The Kier molecular flexibility index (Phi) is 7.23. The minimum atomic E-state index is -4.02. The highest BCUT2D eigenvalue weighted by molar-refractivity contribution is 7.87. The van der Waals surface area contributed by atoms with E-state index in [1.165, 1.54) is 0 Å². The predicted octanol–water partition coefficient (Wildman–Crippen LogP) is 5.32. The molecule has 0 amide bonds. The molecule has 10 heteroatoms. The Labute approximate surface area is 215 Å². The smallest absolute Gasteiger partial charge is 0.339 e. The van der Waals surface area contributed by atoms with E-state index in [1.54, 1.807) is 67.8 Å². The molecule has 0 fully saturated rings. The molecule has 0 saturated heterocycles. The van der Waals surface area contributed by atoms with E-state index in [-0.39, 0.29) is 23.8 Å². The van der Waals surface area contributed by atoms with E-state index in [1.807, 2.05) is 19.1 Å². The van der Waals surface area contributed by atoms with Gasteiger partial charge < -0.3 is 14.2 Å². The molecule has 0 bridgehead atoms. The SMILES string of the molecule is CCOC(=O)CNc1c(-c2ccc(OS(=O)(=O)c3c(C)cc(C)cc3C)cc2)nc2ccc(Cl)cn12. The van der Waals surface area contributed by atoms with Gasteiger partial charge in [0.25, 0.3) is 0 Å². The fourth-order valence-electron chi connectivity index (χ4n) is 4.15. The van der Waals surface area contributed by atoms with Crippen LogP contribution in [0.15, 0.2) is 59.6 Å². The summed E-state index contributed by atoms with van der Waals surface area (Å²) in [7, 11) is -4.02. The van der Waals surface area contributed by atoms with E-state index in [9.17, 15) is 13.2 Å². The number of aromatic nitrogens is 2. The second-order valence-corrected chi connectivity index (χ2v) is 10.3. The summed E-state index contributed by atoms with van der Waals surface area (Å²) in [5.41, 5.74) is 4.10. The Balaban J connectivity index is 1.66. The highest BCUT2D eigenvalue weighted by Gasteiger charge is 2.23. The number of fused-ring (bicyclic) bond motifs is 1. The lowest BCUT2D eigenvalue weighted by Crippen LogP contribution is -2.17. The van der Waals surface area contributed by atoms with Crippen molar-refractivity contribution in [3.05, 3.63) is 76.4 Å². The van der Waals surface area contributed by atoms with Crippen LogP contribution in [0.3, 0.4) is 0 Å². The Morgan fingerprint density at radius 1 is 1.06 bits per heavy atom. The van der Waals surface area contributed by atoms with Crippen LogP contribution in [0.2, 0.25) is 5.02 Å². The third-order valence-electron chi connectivity index (χ3n) is 5.48. The lowest BCUT2D eigenvalue weighted by molar-refractivity contribution is -0.140. The highest BCUT2D eigenvalue weighted by Crippen LogP contribution is 2.32. The number of pyridine rings is 1. The molecule has 2 heterocycles. The number of rotatable bonds is 8. The van der Waals surface area contributed by atoms with Crippen LogP contribution in [0.1, 0.15) is 23.6 Å². The molecule has 8 nitrogen and oxygen atoms in total. The third kappa shape index (κ3) is 5.32. The Morgan fingerprint density at radius 3 is 2.36 bits per heavy atom. The van der Waals surface area contributed by atoms with Crippen LogP contribution in [0.4, 0.5) is 5.82 Å². The summed E-state index contributed by atoms with van der Waals surface area (Å²) < 4.78 is 38.2. The normalized spacial score (nSPS) is 11.5. The number of halogens is 1. The minimum absolute atomic E-state index is 0.0597. The van der Waals surface area contributed by atoms with Crippen molar-refractivity contribution < 1.29 is 22.1 Å². The van der Waals surface area contributed by atoms with Crippen LogP contribution in [0.25, 0.3) is 16.9 Å². The van der Waals surface area contributed by atoms with E-state index in [4.69, 9.17) is 20.5 Å². The zero-order valence-electron chi connectivity index (χ0n) is 20.3. The lowest BCUT2D eigenvalue weighted by atomic mass is 10.1. The zero-order chi connectivity index (χ0) is 26.0. The molecule has 2 aromatic carbocycles. The molecule has 0 radical (unpaired) electrons. The summed E-state index contributed by atoms with van der Waals surface area (Å²) in [6, 6.07) is 13.7. The topological polar surface area (TPSA) is 99.0 Å². The largest absolute Gasteiger partial charge is 0.465 e. The monoisotopic (exact) mass is 527 g/mol. The molecule has 0 aliphatic rings. The maximum Gasteiger partial charge on any atom is 0.339 e. The Hall–Kier alpha value is -3.56. The molecule has 0 unspecified atom stereocenters. The maximum absolute atomic E-state index is 13.0. The van der Waals surface area contributed by atoms with Gasteiger partial charge in [-0.1, -0.05) is 29.3 Å². The van der Waals surface area contributed by atoms with E-state index in [0.717, 1.165) is 5.56 Å². The van der Waals surface area contributed by atoms with E-state index < -0.39 is 16.1 Å². The summed E-state index contributed by atoms with van der Waals surface area (Å²) in [4.78, 5) is 16.8. The first-order valence-electron chi connectivity index (χ1n) is 11.3. The van der Waals surface area contributed by atoms with Crippen molar-refractivity contribution in [3.8, 4) is 17.0 Å². The number of aryl methyl sites for hydroxylation is 3. The first kappa shape index (κ1) is 25.5. The standard InChI is InChI=1S/C26H26ClN3O5S/c1-5-34-23(31)14-28-26-24(29-22-11-8-20(27)15-30(22)26)19-6-9-21(10-7-19)35-36(32,33)25-17(3)12-16(2)13-18(25)4/h6-13,15,28H,5,14H2,1-4H3. The minimum Gasteiger partial charge on any atom is -0.465 e. The molecule has 0 aliphatic heterocycles. The van der Waals surface area contributed by atoms with Crippen molar-refractivity contribution in [1.29, 1.82) is 0 Å². The second-order valence-electron chi connectivity index (χ2n) is 8.33. The maximum atomic E-state index is 13.0. The fourth-order valence-corrected chi connectivity index (χ4v) is 5.67. The number of carbonyl (C=O) groups is 1. The van der Waals surface area contributed by atoms with Gasteiger partial charge in [0.2, 0.25) is 0 Å². The first-order valence-corrected chi connectivity index (χ1v) is 13.1. The van der Waals surface area contributed by atoms with Crippen molar-refractivity contribution in [2.45, 2.75) is 32.6 Å². The zero-order valence-corrected chi connectivity index (χ0v) is 21.9. The van der Waals surface area contributed by atoms with Crippen LogP contribution in [-0.4, -0.2) is 36.9 Å². The molecule has 188 valence electrons. The number of esters is 1. The average molecular weight is 528 g/mol. The number of hydrogen-bond donors (Lipinski definition) is 1. The van der Waals surface area contributed by atoms with Crippen LogP contribution in [0, 0.1) is 20.8 Å². The van der Waals surface area contributed by atoms with Gasteiger partial charge in [-0.2, -0.15) is 8.42 Å². The summed E-state index contributed by atoms with van der Waals surface area (Å²) in [6.45, 7) is 7.37. The molecule has 0 spiro atoms. The number of nitrogens with one attached hydrogen (secondary N) is 1. The summed E-state index contributed by atoms with van der Waals surface area (Å²) in [5, 5.41) is 3.58. The lowest BCUT2D eigenvalue weighted by Gasteiger charge is -2.13. The second kappa shape index (κ2) is 10.2. The van der Waals surface area contributed by atoms with Gasteiger partial charge in [-0.3, -0.25) is 9.20 Å². The number of carbonyl (C=O) groups excluding carboxylic acids is 1. The quantitative estimate of drug-likeness (QED) is 0.244. The van der Waals surface area contributed by atoms with E-state index in [2.05, 4.69) is 10.3 Å². The van der Waals surface area contributed by atoms with Crippen LogP contribution in [-0.2, 0) is 19.6 Å². The molecule has 36 heavy (non-hydrogen) atoms. The van der Waals surface area contributed by atoms with Gasteiger partial charge in [-0.05, 0) is 75.2 Å². The third-order valence-corrected chi connectivity index (χ3v) is 7.26. The number of benzene rings is 2. The molecule has 0 saturated carbocycles. The summed E-state index contributed by atoms with van der Waals surface area (Å²) in [6.07, 6.45) is 1.69. The summed E-state index contributed by atoms with van der Waals surface area (Å²) in [5.74, 6) is 0.315. The van der Waals surface area contributed by atoms with Crippen LogP contribution >= 0.6 is 11.6 Å². The number of ether oxygens (including phenoxy) is 1. The van der Waals surface area contributed by atoms with Gasteiger partial charge in [0.05, 0.1) is 11.6 Å². The van der Waals surface area contributed by atoms with Gasteiger partial charge in [0.1, 0.15) is 34.3 Å². The van der Waals surface area contributed by atoms with Crippen molar-refractivity contribution in [3.63, 3.8) is 0 Å². The molecule has 4 aromatic rings. The molecule has 2 aromatic heterocycles. The summed E-state index contributed by atoms with van der Waals surface area (Å²) >= 11 is 6.18. The number of nitrogens with zero attached hydrogens (tertiary/aromatic N) is 2. The van der Waals surface area contributed by atoms with Gasteiger partial charge in [0, 0.05) is 11.8 Å². The van der Waals surface area contributed by atoms with Crippen molar-refractivity contribution in [1.82, 2.24) is 9.38 Å². The van der Waals surface area contributed by atoms with Crippen molar-refractivity contribution >= 4 is 39.2 Å². The fraction of sp³-hybridized carbons (Fsp3) is 0.231. The molecule has 4 rings (SSSR count). The van der Waals surface area contributed by atoms with Gasteiger partial charge >= 0.3 is 16.1 Å². The number of anilines is 1. The first-order chi connectivity index (χ1) is 17.1. The Bertz CT molecular complexity index is 1520. The highest BCUT2D eigenvalue weighted by atomic mass is 35.5. The molecular weight excluding hydrogens is 502 g/mol. The molecular formula is C26H26ClN3O5S. The van der Waals surface area contributed by atoms with Crippen LogP contribution in [0.5, 0.6) is 5.75 Å². The number of hydrogen-bond acceptors (Lipinski definition) is 7. The van der Waals surface area contributed by atoms with Gasteiger partial charge in [-0.25, -0.2) is 4.98 Å². The molecule has 0 atom stereocenters. The van der Waals surface area contributed by atoms with Crippen molar-refractivity contribution in [2.75, 3.05) is 18.5 Å². The van der Waals surface area contributed by atoms with Crippen LogP contribution < -0.4 is 9.50 Å². The average Bonchev–Trinajstić information content (AvgIpc) is 3.14. The molecule has 1 N–H and O–H groups in total. The number of imidazole rings is 1. The Morgan fingerprint density at radius 2 is 1.72 bits per heavy atom.